The Kier molecular flexibility index (Phi) is 8.26. The number of ether oxygens (including phenoxy) is 1. The van der Waals surface area contributed by atoms with Crippen LogP contribution in [0.25, 0.3) is 0 Å². The highest BCUT2D eigenvalue weighted by Crippen LogP contribution is 2.26. The molecule has 0 radical (unpaired) electrons. The predicted octanol–water partition coefficient (Wildman–Crippen LogP) is 1.82. The Morgan fingerprint density at radius 2 is 2.00 bits per heavy atom. The van der Waals surface area contributed by atoms with Crippen LogP contribution in [-0.4, -0.2) is 68.0 Å². The normalized spacial score (nSPS) is 16.3. The maximum Gasteiger partial charge on any atom is 0.317 e. The zero-order valence-corrected chi connectivity index (χ0v) is 16.4. The number of nitrogens with zero attached hydrogens (tertiary/aromatic N) is 2. The van der Waals surface area contributed by atoms with Gasteiger partial charge in [0.1, 0.15) is 0 Å². The summed E-state index contributed by atoms with van der Waals surface area (Å²) < 4.78 is 45.3. The van der Waals surface area contributed by atoms with Gasteiger partial charge in [0.15, 0.2) is 11.6 Å². The van der Waals surface area contributed by atoms with Crippen molar-refractivity contribution < 1.29 is 27.4 Å². The van der Waals surface area contributed by atoms with Gasteiger partial charge in [-0.3, -0.25) is 9.69 Å². The Labute approximate surface area is 159 Å². The molecule has 26 heavy (non-hydrogen) atoms. The van der Waals surface area contributed by atoms with Gasteiger partial charge in [0.25, 0.3) is 0 Å². The largest absolute Gasteiger partial charge is 0.494 e. The predicted molar refractivity (Wildman–Crippen MR) is 96.9 cm³/mol. The van der Waals surface area contributed by atoms with E-state index in [1.807, 2.05) is 11.8 Å². The fraction of sp³-hybridized carbons (Fsp3) is 0.562. The van der Waals surface area contributed by atoms with Crippen molar-refractivity contribution in [2.45, 2.75) is 30.7 Å². The minimum absolute atomic E-state index is 0. The lowest BCUT2D eigenvalue weighted by Gasteiger charge is -2.36. The summed E-state index contributed by atoms with van der Waals surface area (Å²) in [5.41, 5.74) is 0. The van der Waals surface area contributed by atoms with E-state index in [-0.39, 0.29) is 48.7 Å². The van der Waals surface area contributed by atoms with Crippen LogP contribution >= 0.6 is 12.4 Å². The SMILES string of the molecule is CCN(CC(=O)O)C1CCN(S(=O)(=O)c2ccc(OC)c(F)c2)CC1.Cl. The maximum atomic E-state index is 13.8. The summed E-state index contributed by atoms with van der Waals surface area (Å²) in [4.78, 5) is 12.6. The van der Waals surface area contributed by atoms with Crippen molar-refractivity contribution in [3.8, 4) is 5.75 Å². The highest BCUT2D eigenvalue weighted by atomic mass is 35.5. The van der Waals surface area contributed by atoms with Crippen LogP contribution in [-0.2, 0) is 14.8 Å². The lowest BCUT2D eigenvalue weighted by atomic mass is 10.0. The first-order valence-corrected chi connectivity index (χ1v) is 9.53. The van der Waals surface area contributed by atoms with E-state index >= 15 is 0 Å². The Morgan fingerprint density at radius 1 is 1.38 bits per heavy atom. The molecule has 1 fully saturated rings. The molecule has 10 heteroatoms. The van der Waals surface area contributed by atoms with Crippen molar-refractivity contribution in [3.63, 3.8) is 0 Å². The van der Waals surface area contributed by atoms with Crippen LogP contribution in [0.2, 0.25) is 0 Å². The Morgan fingerprint density at radius 3 is 2.46 bits per heavy atom. The standard InChI is InChI=1S/C16H23FN2O5S.ClH/c1-3-18(11-16(20)21)12-6-8-19(9-7-12)25(22,23)13-4-5-15(24-2)14(17)10-13;/h4-5,10,12H,3,6-9,11H2,1-2H3,(H,20,21);1H. The number of aliphatic carboxylic acids is 1. The Balaban J connectivity index is 0.00000338. The third-order valence-corrected chi connectivity index (χ3v) is 6.34. The molecule has 0 aromatic heterocycles. The minimum atomic E-state index is -3.79. The molecule has 1 aliphatic rings. The number of sulfonamides is 1. The second-order valence-electron chi connectivity index (χ2n) is 5.89. The van der Waals surface area contributed by atoms with E-state index in [4.69, 9.17) is 9.84 Å². The molecule has 2 rings (SSSR count). The van der Waals surface area contributed by atoms with E-state index < -0.39 is 21.8 Å². The average Bonchev–Trinajstić information content (AvgIpc) is 2.59. The van der Waals surface area contributed by atoms with Crippen LogP contribution in [0.15, 0.2) is 23.1 Å². The molecular formula is C16H24ClFN2O5S. The van der Waals surface area contributed by atoms with Gasteiger partial charge in [0, 0.05) is 19.1 Å². The second-order valence-corrected chi connectivity index (χ2v) is 7.83. The number of benzene rings is 1. The quantitative estimate of drug-likeness (QED) is 0.737. The highest BCUT2D eigenvalue weighted by Gasteiger charge is 2.32. The third-order valence-electron chi connectivity index (χ3n) is 4.45. The first-order chi connectivity index (χ1) is 11.8. The van der Waals surface area contributed by atoms with E-state index in [9.17, 15) is 17.6 Å². The van der Waals surface area contributed by atoms with Crippen LogP contribution in [0.3, 0.4) is 0 Å². The number of hydrogen-bond donors (Lipinski definition) is 1. The molecule has 0 bridgehead atoms. The van der Waals surface area contributed by atoms with Crippen molar-refractivity contribution in [2.24, 2.45) is 0 Å². The van der Waals surface area contributed by atoms with Crippen molar-refractivity contribution in [1.29, 1.82) is 0 Å². The summed E-state index contributed by atoms with van der Waals surface area (Å²) in [5, 5.41) is 8.95. The second kappa shape index (κ2) is 9.50. The number of carboxylic acids is 1. The summed E-state index contributed by atoms with van der Waals surface area (Å²) >= 11 is 0. The smallest absolute Gasteiger partial charge is 0.317 e. The molecule has 0 spiro atoms. The van der Waals surface area contributed by atoms with Crippen molar-refractivity contribution in [2.75, 3.05) is 33.3 Å². The molecule has 0 atom stereocenters. The van der Waals surface area contributed by atoms with Crippen LogP contribution in [0.1, 0.15) is 19.8 Å². The molecular weight excluding hydrogens is 387 g/mol. The molecule has 0 unspecified atom stereocenters. The molecule has 1 N–H and O–H groups in total. The molecule has 0 saturated carbocycles. The first-order valence-electron chi connectivity index (χ1n) is 8.09. The molecule has 1 aliphatic heterocycles. The molecule has 1 aromatic carbocycles. The van der Waals surface area contributed by atoms with E-state index in [1.54, 1.807) is 0 Å². The fourth-order valence-electron chi connectivity index (χ4n) is 3.08. The third kappa shape index (κ3) is 5.06. The molecule has 0 aliphatic carbocycles. The van der Waals surface area contributed by atoms with Gasteiger partial charge in [-0.05, 0) is 37.6 Å². The number of halogens is 2. The number of methoxy groups -OCH3 is 1. The van der Waals surface area contributed by atoms with Crippen molar-refractivity contribution in [3.05, 3.63) is 24.0 Å². The van der Waals surface area contributed by atoms with Crippen molar-refractivity contribution >= 4 is 28.4 Å². The van der Waals surface area contributed by atoms with Crippen LogP contribution in [0.4, 0.5) is 4.39 Å². The lowest BCUT2D eigenvalue weighted by molar-refractivity contribution is -0.139. The molecule has 1 saturated heterocycles. The van der Waals surface area contributed by atoms with Gasteiger partial charge in [0.05, 0.1) is 18.6 Å². The highest BCUT2D eigenvalue weighted by molar-refractivity contribution is 7.89. The number of carboxylic acid groups (broad SMARTS) is 1. The molecule has 1 aromatic rings. The fourth-order valence-corrected chi connectivity index (χ4v) is 4.56. The van der Waals surface area contributed by atoms with Crippen LogP contribution in [0, 0.1) is 5.82 Å². The van der Waals surface area contributed by atoms with Gasteiger partial charge in [-0.2, -0.15) is 4.31 Å². The van der Waals surface area contributed by atoms with E-state index in [1.165, 1.54) is 23.5 Å². The number of piperidine rings is 1. The van der Waals surface area contributed by atoms with Gasteiger partial charge in [-0.25, -0.2) is 12.8 Å². The zero-order valence-electron chi connectivity index (χ0n) is 14.7. The van der Waals surface area contributed by atoms with Crippen LogP contribution in [0.5, 0.6) is 5.75 Å². The summed E-state index contributed by atoms with van der Waals surface area (Å²) in [6.07, 6.45) is 1.08. The van der Waals surface area contributed by atoms with Gasteiger partial charge in [-0.15, -0.1) is 12.4 Å². The molecule has 148 valence electrons. The molecule has 1 heterocycles. The maximum absolute atomic E-state index is 13.8. The van der Waals surface area contributed by atoms with Gasteiger partial charge in [-0.1, -0.05) is 6.92 Å². The Hall–Kier alpha value is -1.42. The summed E-state index contributed by atoms with van der Waals surface area (Å²) in [6.45, 7) is 2.96. The van der Waals surface area contributed by atoms with E-state index in [0.717, 1.165) is 6.07 Å². The number of likely N-dealkylation sites (N-methyl/N-ethyl adjacent to an activating group) is 1. The summed E-state index contributed by atoms with van der Waals surface area (Å²) in [7, 11) is -2.47. The van der Waals surface area contributed by atoms with Gasteiger partial charge >= 0.3 is 5.97 Å². The van der Waals surface area contributed by atoms with E-state index in [2.05, 4.69) is 0 Å². The summed E-state index contributed by atoms with van der Waals surface area (Å²) in [5.74, 6) is -1.63. The molecule has 7 nitrogen and oxygen atoms in total. The lowest BCUT2D eigenvalue weighted by Crippen LogP contribution is -2.48. The average molecular weight is 411 g/mol. The zero-order chi connectivity index (χ0) is 18.6. The van der Waals surface area contributed by atoms with Crippen molar-refractivity contribution in [1.82, 2.24) is 9.21 Å². The minimum Gasteiger partial charge on any atom is -0.494 e. The number of rotatable bonds is 7. The molecule has 0 amide bonds. The first kappa shape index (κ1) is 22.6. The topological polar surface area (TPSA) is 87.2 Å². The van der Waals surface area contributed by atoms with Crippen LogP contribution < -0.4 is 4.74 Å². The number of carbonyl (C=O) groups is 1. The summed E-state index contributed by atoms with van der Waals surface area (Å²) in [6, 6.07) is 3.61. The van der Waals surface area contributed by atoms with Gasteiger partial charge < -0.3 is 9.84 Å². The monoisotopic (exact) mass is 410 g/mol. The van der Waals surface area contributed by atoms with Gasteiger partial charge in [0.2, 0.25) is 10.0 Å². The van der Waals surface area contributed by atoms with E-state index in [0.29, 0.717) is 19.4 Å². The Bertz CT molecular complexity index is 723. The number of hydrogen-bond acceptors (Lipinski definition) is 5.